The van der Waals surface area contributed by atoms with Crippen LogP contribution in [0.3, 0.4) is 0 Å². The quantitative estimate of drug-likeness (QED) is 0.743. The number of rotatable bonds is 4. The van der Waals surface area contributed by atoms with Crippen LogP contribution < -0.4 is 5.32 Å². The molecule has 0 aromatic carbocycles. The largest absolute Gasteiger partial charge is 0.384 e. The van der Waals surface area contributed by atoms with E-state index < -0.39 is 5.60 Å². The molecule has 1 fully saturated rings. The highest BCUT2D eigenvalue weighted by atomic mass is 16.5. The fourth-order valence-corrected chi connectivity index (χ4v) is 1.81. The van der Waals surface area contributed by atoms with Gasteiger partial charge in [0.15, 0.2) is 11.4 Å². The number of nitrogens with one attached hydrogen (secondary N) is 1. The number of hydrogen-bond acceptors (Lipinski definition) is 6. The van der Waals surface area contributed by atoms with E-state index in [9.17, 15) is 5.11 Å². The third-order valence-electron chi connectivity index (χ3n) is 2.76. The molecule has 1 aliphatic rings. The van der Waals surface area contributed by atoms with Crippen molar-refractivity contribution >= 4 is 0 Å². The average Bonchev–Trinajstić information content (AvgIpc) is 2.77. The number of aromatic nitrogens is 2. The molecule has 6 heteroatoms. The Hall–Kier alpha value is -0.980. The summed E-state index contributed by atoms with van der Waals surface area (Å²) in [6, 6.07) is 0. The third kappa shape index (κ3) is 2.40. The van der Waals surface area contributed by atoms with Crippen LogP contribution in [-0.2, 0) is 16.8 Å². The van der Waals surface area contributed by atoms with Crippen molar-refractivity contribution in [2.75, 3.05) is 26.8 Å². The van der Waals surface area contributed by atoms with Gasteiger partial charge in [-0.15, -0.1) is 0 Å². The Morgan fingerprint density at radius 2 is 2.50 bits per heavy atom. The van der Waals surface area contributed by atoms with E-state index >= 15 is 0 Å². The van der Waals surface area contributed by atoms with Crippen molar-refractivity contribution in [3.63, 3.8) is 0 Å². The minimum Gasteiger partial charge on any atom is -0.384 e. The molecule has 16 heavy (non-hydrogen) atoms. The first-order valence-corrected chi connectivity index (χ1v) is 5.50. The zero-order chi connectivity index (χ0) is 11.4. The lowest BCUT2D eigenvalue weighted by molar-refractivity contribution is -0.0167. The summed E-state index contributed by atoms with van der Waals surface area (Å²) in [6.07, 6.45) is 2.17. The number of aliphatic hydroxyl groups is 1. The molecule has 1 aromatic heterocycles. The smallest absolute Gasteiger partial charge is 0.259 e. The van der Waals surface area contributed by atoms with Crippen molar-refractivity contribution in [1.29, 1.82) is 0 Å². The molecule has 2 heterocycles. The van der Waals surface area contributed by atoms with Crippen LogP contribution in [0.2, 0.25) is 0 Å². The van der Waals surface area contributed by atoms with E-state index in [1.165, 1.54) is 0 Å². The Labute approximate surface area is 94.0 Å². The molecule has 1 aliphatic heterocycles. The molecule has 0 bridgehead atoms. The van der Waals surface area contributed by atoms with E-state index in [0.29, 0.717) is 37.7 Å². The van der Waals surface area contributed by atoms with E-state index in [4.69, 9.17) is 9.26 Å². The predicted octanol–water partition coefficient (Wildman–Crippen LogP) is -0.171. The van der Waals surface area contributed by atoms with Crippen LogP contribution in [0.4, 0.5) is 0 Å². The molecule has 2 rings (SSSR count). The van der Waals surface area contributed by atoms with Crippen LogP contribution in [0.25, 0.3) is 0 Å². The zero-order valence-corrected chi connectivity index (χ0v) is 9.40. The van der Waals surface area contributed by atoms with E-state index in [0.717, 1.165) is 13.0 Å². The molecular formula is C10H17N3O3. The monoisotopic (exact) mass is 227 g/mol. The molecule has 0 saturated carbocycles. The Morgan fingerprint density at radius 3 is 3.19 bits per heavy atom. The van der Waals surface area contributed by atoms with Gasteiger partial charge in [0.1, 0.15) is 0 Å². The molecule has 0 radical (unpaired) electrons. The summed E-state index contributed by atoms with van der Waals surface area (Å²) in [5.74, 6) is 0.890. The number of ether oxygens (including phenoxy) is 1. The van der Waals surface area contributed by atoms with Gasteiger partial charge in [0, 0.05) is 20.1 Å². The Kier molecular flexibility index (Phi) is 3.52. The van der Waals surface area contributed by atoms with Gasteiger partial charge in [0.2, 0.25) is 0 Å². The van der Waals surface area contributed by atoms with Crippen LogP contribution in [0.15, 0.2) is 4.52 Å². The Bertz CT molecular complexity index is 334. The van der Waals surface area contributed by atoms with E-state index in [-0.39, 0.29) is 0 Å². The molecule has 0 spiro atoms. The summed E-state index contributed by atoms with van der Waals surface area (Å²) in [5.41, 5.74) is -1.00. The van der Waals surface area contributed by atoms with Gasteiger partial charge < -0.3 is 19.7 Å². The second kappa shape index (κ2) is 4.90. The minimum absolute atomic E-state index is 0.311. The molecule has 1 unspecified atom stereocenters. The van der Waals surface area contributed by atoms with Gasteiger partial charge >= 0.3 is 0 Å². The predicted molar refractivity (Wildman–Crippen MR) is 55.9 cm³/mol. The molecule has 0 aliphatic carbocycles. The van der Waals surface area contributed by atoms with Gasteiger partial charge in [-0.1, -0.05) is 5.16 Å². The average molecular weight is 227 g/mol. The minimum atomic E-state index is -1.00. The normalized spacial score (nSPS) is 25.9. The van der Waals surface area contributed by atoms with Crippen LogP contribution in [0.1, 0.15) is 24.6 Å². The van der Waals surface area contributed by atoms with Crippen molar-refractivity contribution in [3.8, 4) is 0 Å². The third-order valence-corrected chi connectivity index (χ3v) is 2.76. The van der Waals surface area contributed by atoms with Crippen molar-refractivity contribution < 1.29 is 14.4 Å². The summed E-state index contributed by atoms with van der Waals surface area (Å²) in [7, 11) is 1.62. The highest BCUT2D eigenvalue weighted by Crippen LogP contribution is 2.26. The Morgan fingerprint density at radius 1 is 1.62 bits per heavy atom. The maximum atomic E-state index is 10.3. The van der Waals surface area contributed by atoms with E-state index in [2.05, 4.69) is 15.5 Å². The lowest BCUT2D eigenvalue weighted by atomic mass is 9.94. The van der Waals surface area contributed by atoms with Crippen molar-refractivity contribution in [3.05, 3.63) is 11.7 Å². The van der Waals surface area contributed by atoms with Gasteiger partial charge in [-0.3, -0.25) is 0 Å². The second-order valence-electron chi connectivity index (χ2n) is 4.07. The van der Waals surface area contributed by atoms with Gasteiger partial charge in [0.25, 0.3) is 5.89 Å². The first-order chi connectivity index (χ1) is 7.74. The molecule has 6 nitrogen and oxygen atoms in total. The standard InChI is InChI=1S/C10H17N3O3/c1-15-6-3-8-12-9(16-13-8)10(14)4-2-5-11-7-10/h11,14H,2-7H2,1H3. The maximum absolute atomic E-state index is 10.3. The summed E-state index contributed by atoms with van der Waals surface area (Å²) in [6.45, 7) is 1.95. The molecule has 2 N–H and O–H groups in total. The summed E-state index contributed by atoms with van der Waals surface area (Å²) in [4.78, 5) is 4.20. The van der Waals surface area contributed by atoms with E-state index in [1.807, 2.05) is 0 Å². The van der Waals surface area contributed by atoms with Crippen LogP contribution in [-0.4, -0.2) is 42.1 Å². The van der Waals surface area contributed by atoms with Gasteiger partial charge in [-0.2, -0.15) is 4.98 Å². The highest BCUT2D eigenvalue weighted by Gasteiger charge is 2.36. The number of β-amino-alcohol motifs (C(OH)–C–C–N with tert-alkyl or cyclic N) is 1. The van der Waals surface area contributed by atoms with Gasteiger partial charge in [0.05, 0.1) is 6.61 Å². The Balaban J connectivity index is 2.05. The number of nitrogens with zero attached hydrogens (tertiary/aromatic N) is 2. The molecule has 1 aromatic rings. The summed E-state index contributed by atoms with van der Waals surface area (Å²) < 4.78 is 10.0. The molecule has 0 amide bonds. The topological polar surface area (TPSA) is 80.4 Å². The lowest BCUT2D eigenvalue weighted by Gasteiger charge is -2.28. The SMILES string of the molecule is COCCc1noc(C2(O)CCCNC2)n1. The fraction of sp³-hybridized carbons (Fsp3) is 0.800. The van der Waals surface area contributed by atoms with Crippen LogP contribution in [0.5, 0.6) is 0 Å². The molecule has 90 valence electrons. The van der Waals surface area contributed by atoms with Gasteiger partial charge in [-0.05, 0) is 19.4 Å². The molecular weight excluding hydrogens is 210 g/mol. The first-order valence-electron chi connectivity index (χ1n) is 5.50. The number of methoxy groups -OCH3 is 1. The van der Waals surface area contributed by atoms with Crippen molar-refractivity contribution in [2.24, 2.45) is 0 Å². The van der Waals surface area contributed by atoms with Crippen LogP contribution in [0, 0.1) is 0 Å². The molecule has 1 saturated heterocycles. The highest BCUT2D eigenvalue weighted by molar-refractivity contribution is 5.02. The first kappa shape index (κ1) is 11.5. The summed E-state index contributed by atoms with van der Waals surface area (Å²) in [5, 5.41) is 17.2. The maximum Gasteiger partial charge on any atom is 0.259 e. The lowest BCUT2D eigenvalue weighted by Crippen LogP contribution is -2.43. The fourth-order valence-electron chi connectivity index (χ4n) is 1.81. The molecule has 1 atom stereocenters. The number of piperidine rings is 1. The van der Waals surface area contributed by atoms with Gasteiger partial charge in [-0.25, -0.2) is 0 Å². The van der Waals surface area contributed by atoms with Crippen molar-refractivity contribution in [2.45, 2.75) is 24.9 Å². The summed E-state index contributed by atoms with van der Waals surface area (Å²) >= 11 is 0. The zero-order valence-electron chi connectivity index (χ0n) is 9.40. The van der Waals surface area contributed by atoms with Crippen molar-refractivity contribution in [1.82, 2.24) is 15.5 Å². The van der Waals surface area contributed by atoms with Crippen LogP contribution >= 0.6 is 0 Å². The van der Waals surface area contributed by atoms with E-state index in [1.54, 1.807) is 7.11 Å². The second-order valence-corrected chi connectivity index (χ2v) is 4.07. The number of hydrogen-bond donors (Lipinski definition) is 2.